The first kappa shape index (κ1) is 15.0. The van der Waals surface area contributed by atoms with Crippen molar-refractivity contribution in [3.8, 4) is 0 Å². The lowest BCUT2D eigenvalue weighted by atomic mass is 10.2. The third-order valence-electron chi connectivity index (χ3n) is 2.31. The second kappa shape index (κ2) is 6.78. The highest BCUT2D eigenvalue weighted by atomic mass is 127. The molecule has 2 aromatic carbocycles. The maximum absolute atomic E-state index is 10.4. The van der Waals surface area contributed by atoms with Crippen molar-refractivity contribution in [1.82, 2.24) is 0 Å². The molecule has 19 heavy (non-hydrogen) atoms. The summed E-state index contributed by atoms with van der Waals surface area (Å²) in [5, 5.41) is 9.82. The summed E-state index contributed by atoms with van der Waals surface area (Å²) >= 11 is 0. The molecule has 0 aliphatic carbocycles. The number of halogens is 1. The van der Waals surface area contributed by atoms with Gasteiger partial charge in [-0.3, -0.25) is 0 Å². The van der Waals surface area contributed by atoms with Gasteiger partial charge in [0.15, 0.2) is 0 Å². The van der Waals surface area contributed by atoms with Crippen molar-refractivity contribution >= 4 is 28.4 Å². The normalized spacial score (nSPS) is 10.1. The van der Waals surface area contributed by atoms with Gasteiger partial charge in [0.1, 0.15) is 5.69 Å². The molecule has 0 heterocycles. The predicted octanol–water partition coefficient (Wildman–Crippen LogP) is -1.25. The molecule has 0 saturated carbocycles. The molecule has 6 nitrogen and oxygen atoms in total. The first-order chi connectivity index (χ1) is 8.69. The van der Waals surface area contributed by atoms with Gasteiger partial charge in [0.05, 0.1) is 11.4 Å². The zero-order valence-electron chi connectivity index (χ0n) is 9.88. The van der Waals surface area contributed by atoms with Crippen molar-refractivity contribution in [2.45, 2.75) is 0 Å². The number of azo groups is 1. The molecule has 0 bridgehead atoms. The Kier molecular flexibility index (Phi) is 5.37. The average molecular weight is 369 g/mol. The summed E-state index contributed by atoms with van der Waals surface area (Å²) in [7, 11) is 0. The van der Waals surface area contributed by atoms with Crippen LogP contribution in [0.5, 0.6) is 0 Å². The van der Waals surface area contributed by atoms with Gasteiger partial charge in [0.25, 0.3) is 5.69 Å². The van der Waals surface area contributed by atoms with Gasteiger partial charge in [-0.1, -0.05) is 0 Å². The highest BCUT2D eigenvalue weighted by Gasteiger charge is 1.99. The van der Waals surface area contributed by atoms with Crippen LogP contribution in [0.15, 0.2) is 52.7 Å². The molecule has 0 fully saturated rings. The summed E-state index contributed by atoms with van der Waals surface area (Å²) in [6.07, 6.45) is 0. The standard InChI is InChI=1S/C12H11N5O.HI/c13-8-1-6-12(11(14)7-8)16-15-9-2-4-10(17-18)5-3-9;/h1-7H,13-14H2;1H. The third-order valence-corrected chi connectivity index (χ3v) is 2.31. The number of hydrogen-bond acceptors (Lipinski definition) is 5. The maximum atomic E-state index is 10.4. The van der Waals surface area contributed by atoms with Gasteiger partial charge in [-0.2, -0.15) is 5.11 Å². The summed E-state index contributed by atoms with van der Waals surface area (Å²) in [6.45, 7) is 0. The minimum Gasteiger partial charge on any atom is -1.00 e. The van der Waals surface area contributed by atoms with Crippen LogP contribution in [-0.2, 0) is 0 Å². The molecule has 0 aliphatic rings. The van der Waals surface area contributed by atoms with Crippen LogP contribution in [0.3, 0.4) is 0 Å². The molecular weight excluding hydrogens is 357 g/mol. The average Bonchev–Trinajstić information content (AvgIpc) is 2.38. The number of nitrogen functional groups attached to an aromatic ring is 2. The number of anilines is 2. The van der Waals surface area contributed by atoms with Crippen LogP contribution in [0.2, 0.25) is 0 Å². The number of rotatable bonds is 3. The Morgan fingerprint density at radius 2 is 1.63 bits per heavy atom. The first-order valence-corrected chi connectivity index (χ1v) is 5.24. The lowest BCUT2D eigenvalue weighted by molar-refractivity contribution is -0.379. The van der Waals surface area contributed by atoms with E-state index in [9.17, 15) is 4.91 Å². The van der Waals surface area contributed by atoms with Crippen molar-refractivity contribution < 1.29 is 29.2 Å². The van der Waals surface area contributed by atoms with Gasteiger partial charge in [0, 0.05) is 27.9 Å². The number of nitrogens with zero attached hydrogens (tertiary/aromatic N) is 2. The van der Waals surface area contributed by atoms with Crippen LogP contribution >= 0.6 is 0 Å². The molecule has 0 radical (unpaired) electrons. The minimum absolute atomic E-state index is 0. The summed E-state index contributed by atoms with van der Waals surface area (Å²) in [4.78, 5) is 10.4. The Balaban J connectivity index is 0.00000180. The van der Waals surface area contributed by atoms with Crippen molar-refractivity contribution in [3.63, 3.8) is 0 Å². The van der Waals surface area contributed by atoms with Crippen LogP contribution in [0.1, 0.15) is 0 Å². The zero-order valence-corrected chi connectivity index (χ0v) is 12.0. The molecule has 0 saturated heterocycles. The molecule has 0 spiro atoms. The van der Waals surface area contributed by atoms with Gasteiger partial charge in [0.2, 0.25) is 0 Å². The number of hydrogen-bond donors (Lipinski definition) is 3. The van der Waals surface area contributed by atoms with Crippen molar-refractivity contribution in [2.75, 3.05) is 11.5 Å². The van der Waals surface area contributed by atoms with Crippen molar-refractivity contribution in [1.29, 1.82) is 0 Å². The highest BCUT2D eigenvalue weighted by Crippen LogP contribution is 2.26. The first-order valence-electron chi connectivity index (χ1n) is 5.24. The maximum Gasteiger partial charge on any atom is 0.253 e. The second-order valence-corrected chi connectivity index (χ2v) is 3.67. The number of nitroso groups, excluding NO2 is 1. The van der Waals surface area contributed by atoms with E-state index < -0.39 is 0 Å². The lowest BCUT2D eigenvalue weighted by Crippen LogP contribution is -3.00. The summed E-state index contributed by atoms with van der Waals surface area (Å²) < 4.78 is 0. The van der Waals surface area contributed by atoms with Crippen molar-refractivity contribution in [2.24, 2.45) is 10.2 Å². The second-order valence-electron chi connectivity index (χ2n) is 3.67. The number of benzene rings is 2. The topological polar surface area (TPSA) is 108 Å². The molecule has 0 aromatic heterocycles. The van der Waals surface area contributed by atoms with E-state index >= 15 is 0 Å². The van der Waals surface area contributed by atoms with Gasteiger partial charge in [-0.05, 0) is 30.3 Å². The Hall–Kier alpha value is -2.03. The van der Waals surface area contributed by atoms with Gasteiger partial charge in [-0.15, -0.1) is 5.11 Å². The van der Waals surface area contributed by atoms with Crippen LogP contribution in [0.4, 0.5) is 28.4 Å². The minimum atomic E-state index is 0. The van der Waals surface area contributed by atoms with Gasteiger partial charge >= 0.3 is 0 Å². The largest absolute Gasteiger partial charge is 1.00 e. The SMILES string of the molecule is Nc1ccc(N=Nc2ccc([NH+]=O)cc2)c(N)c1.[I-]. The molecule has 2 rings (SSSR count). The molecule has 5 N–H and O–H groups in total. The number of nitrogens with one attached hydrogen (secondary N) is 1. The van der Waals surface area contributed by atoms with Crippen molar-refractivity contribution in [3.05, 3.63) is 47.4 Å². The van der Waals surface area contributed by atoms with E-state index in [1.165, 1.54) is 0 Å². The van der Waals surface area contributed by atoms with E-state index in [0.717, 1.165) is 0 Å². The fraction of sp³-hybridized carbons (Fsp3) is 0. The van der Waals surface area contributed by atoms with Gasteiger partial charge in [-0.25, -0.2) is 0 Å². The van der Waals surface area contributed by atoms with Crippen LogP contribution in [0.25, 0.3) is 0 Å². The summed E-state index contributed by atoms with van der Waals surface area (Å²) in [6, 6.07) is 11.6. The van der Waals surface area contributed by atoms with Crippen LogP contribution in [-0.4, -0.2) is 0 Å². The molecule has 7 heteroatoms. The molecule has 0 atom stereocenters. The van der Waals surface area contributed by atoms with E-state index in [1.54, 1.807) is 47.6 Å². The van der Waals surface area contributed by atoms with Crippen LogP contribution in [0, 0.1) is 4.91 Å². The van der Waals surface area contributed by atoms with Gasteiger partial charge < -0.3 is 35.4 Å². The summed E-state index contributed by atoms with van der Waals surface area (Å²) in [5.74, 6) is 0. The monoisotopic (exact) mass is 369 g/mol. The van der Waals surface area contributed by atoms with E-state index in [4.69, 9.17) is 11.5 Å². The Labute approximate surface area is 126 Å². The highest BCUT2D eigenvalue weighted by molar-refractivity contribution is 5.67. The molecule has 0 amide bonds. The number of nitrogens with two attached hydrogens (primary N) is 2. The Morgan fingerprint density at radius 3 is 2.21 bits per heavy atom. The summed E-state index contributed by atoms with van der Waals surface area (Å²) in [5.41, 5.74) is 14.0. The smallest absolute Gasteiger partial charge is 0.253 e. The molecule has 98 valence electrons. The lowest BCUT2D eigenvalue weighted by Gasteiger charge is -1.99. The van der Waals surface area contributed by atoms with Crippen LogP contribution < -0.4 is 40.6 Å². The van der Waals surface area contributed by atoms with E-state index in [2.05, 4.69) is 10.2 Å². The molecule has 0 aliphatic heterocycles. The van der Waals surface area contributed by atoms with E-state index in [1.807, 2.05) is 0 Å². The molecule has 2 aromatic rings. The Morgan fingerprint density at radius 1 is 0.947 bits per heavy atom. The van der Waals surface area contributed by atoms with E-state index in [-0.39, 0.29) is 24.0 Å². The molecule has 0 unspecified atom stereocenters. The molecular formula is C12H12IN5O. The fourth-order valence-corrected chi connectivity index (χ4v) is 1.37. The third kappa shape index (κ3) is 3.98. The quantitative estimate of drug-likeness (QED) is 0.357. The predicted molar refractivity (Wildman–Crippen MR) is 69.9 cm³/mol. The zero-order chi connectivity index (χ0) is 13.0. The van der Waals surface area contributed by atoms with E-state index in [0.29, 0.717) is 28.4 Å². The Bertz CT molecular complexity index is 598. The fourth-order valence-electron chi connectivity index (χ4n) is 1.37.